The van der Waals surface area contributed by atoms with Crippen molar-refractivity contribution in [3.63, 3.8) is 0 Å². The standard InChI is InChI=1S/C20H14O11S2/c21-17(22)11-15(32(27,28)13-7-3-1-4-8-13)19(25)31-20(26)16(12-18(23)24)33(29,30)14-9-5-2-6-10-14/h1-12H,(H,21,22)(H,23,24)/b15-11+,16-12+. The van der Waals surface area contributed by atoms with Crippen LogP contribution in [-0.2, 0) is 43.6 Å². The van der Waals surface area contributed by atoms with Gasteiger partial charge in [0.15, 0.2) is 9.81 Å². The maximum absolute atomic E-state index is 12.7. The minimum atomic E-state index is -4.81. The molecule has 0 radical (unpaired) electrons. The summed E-state index contributed by atoms with van der Waals surface area (Å²) < 4.78 is 55.0. The Balaban J connectivity index is 2.51. The summed E-state index contributed by atoms with van der Waals surface area (Å²) in [5.74, 6) is -7.81. The maximum Gasteiger partial charge on any atom is 0.358 e. The van der Waals surface area contributed by atoms with Crippen LogP contribution in [0.3, 0.4) is 0 Å². The van der Waals surface area contributed by atoms with Gasteiger partial charge in [0.2, 0.25) is 19.7 Å². The van der Waals surface area contributed by atoms with Gasteiger partial charge in [-0.05, 0) is 24.3 Å². The smallest absolute Gasteiger partial charge is 0.358 e. The van der Waals surface area contributed by atoms with Crippen molar-refractivity contribution >= 4 is 43.6 Å². The van der Waals surface area contributed by atoms with Gasteiger partial charge in [0, 0.05) is 12.2 Å². The van der Waals surface area contributed by atoms with Gasteiger partial charge >= 0.3 is 23.9 Å². The molecule has 0 amide bonds. The van der Waals surface area contributed by atoms with Crippen LogP contribution in [0.25, 0.3) is 0 Å². The first-order valence-corrected chi connectivity index (χ1v) is 11.6. The van der Waals surface area contributed by atoms with Gasteiger partial charge in [-0.15, -0.1) is 0 Å². The fourth-order valence-corrected chi connectivity index (χ4v) is 4.93. The van der Waals surface area contributed by atoms with Crippen LogP contribution in [0, 0.1) is 0 Å². The van der Waals surface area contributed by atoms with Gasteiger partial charge in [0.1, 0.15) is 0 Å². The van der Waals surface area contributed by atoms with Crippen LogP contribution in [0.2, 0.25) is 0 Å². The van der Waals surface area contributed by atoms with E-state index in [0.29, 0.717) is 0 Å². The summed E-state index contributed by atoms with van der Waals surface area (Å²) in [4.78, 5) is 43.0. The molecule has 2 aromatic carbocycles. The van der Waals surface area contributed by atoms with E-state index in [2.05, 4.69) is 4.74 Å². The van der Waals surface area contributed by atoms with E-state index >= 15 is 0 Å². The molecule has 172 valence electrons. The number of carboxylic acids is 2. The van der Waals surface area contributed by atoms with Gasteiger partial charge < -0.3 is 14.9 Å². The topological polar surface area (TPSA) is 186 Å². The normalized spacial score (nSPS) is 12.6. The number of hydrogen-bond acceptors (Lipinski definition) is 9. The number of ether oxygens (including phenoxy) is 1. The lowest BCUT2D eigenvalue weighted by Crippen LogP contribution is -2.25. The van der Waals surface area contributed by atoms with Gasteiger partial charge in [-0.1, -0.05) is 36.4 Å². The molecular formula is C20H14O11S2. The lowest BCUT2D eigenvalue weighted by Gasteiger charge is -2.10. The number of esters is 2. The Kier molecular flexibility index (Phi) is 7.64. The Morgan fingerprint density at radius 1 is 0.606 bits per heavy atom. The van der Waals surface area contributed by atoms with E-state index in [-0.39, 0.29) is 12.2 Å². The predicted molar refractivity (Wildman–Crippen MR) is 110 cm³/mol. The lowest BCUT2D eigenvalue weighted by molar-refractivity contribution is -0.153. The summed E-state index contributed by atoms with van der Waals surface area (Å²) in [6.07, 6.45) is -0.0749. The van der Waals surface area contributed by atoms with Crippen molar-refractivity contribution in [1.29, 1.82) is 0 Å². The van der Waals surface area contributed by atoms with Crippen molar-refractivity contribution in [1.82, 2.24) is 0 Å². The summed E-state index contributed by atoms with van der Waals surface area (Å²) in [6, 6.07) is 12.2. The molecule has 0 saturated heterocycles. The Hall–Kier alpha value is -4.10. The SMILES string of the molecule is O=C(O)/C=C(\C(=O)OC(=O)/C(=C\C(=O)O)S(=O)(=O)c1ccccc1)S(=O)(=O)c1ccccc1. The minimum Gasteiger partial charge on any atom is -0.478 e. The molecular weight excluding hydrogens is 480 g/mol. The fraction of sp³-hybridized carbons (Fsp3) is 0. The third-order valence-corrected chi connectivity index (χ3v) is 7.30. The molecule has 33 heavy (non-hydrogen) atoms. The number of benzene rings is 2. The predicted octanol–water partition coefficient (Wildman–Crippen LogP) is 0.941. The van der Waals surface area contributed by atoms with Gasteiger partial charge in [-0.2, -0.15) is 0 Å². The first-order chi connectivity index (χ1) is 15.4. The minimum absolute atomic E-state index is 0.0375. The van der Waals surface area contributed by atoms with E-state index in [1.807, 2.05) is 0 Å². The van der Waals surface area contributed by atoms with Crippen molar-refractivity contribution in [3.05, 3.63) is 82.6 Å². The lowest BCUT2D eigenvalue weighted by atomic mass is 10.4. The van der Waals surface area contributed by atoms with E-state index in [0.717, 1.165) is 24.3 Å². The third-order valence-electron chi connectivity index (χ3n) is 3.78. The quantitative estimate of drug-likeness (QED) is 0.302. The van der Waals surface area contributed by atoms with Crippen molar-refractivity contribution in [2.24, 2.45) is 0 Å². The van der Waals surface area contributed by atoms with Crippen LogP contribution in [0.4, 0.5) is 0 Å². The van der Waals surface area contributed by atoms with Crippen molar-refractivity contribution in [3.8, 4) is 0 Å². The zero-order chi connectivity index (χ0) is 24.8. The van der Waals surface area contributed by atoms with Crippen molar-refractivity contribution in [2.75, 3.05) is 0 Å². The molecule has 11 nitrogen and oxygen atoms in total. The average Bonchev–Trinajstić information content (AvgIpc) is 2.76. The number of carbonyl (C=O) groups is 4. The van der Waals surface area contributed by atoms with Gasteiger partial charge in [-0.25, -0.2) is 36.0 Å². The van der Waals surface area contributed by atoms with Crippen molar-refractivity contribution < 1.29 is 51.0 Å². The van der Waals surface area contributed by atoms with Gasteiger partial charge in [-0.3, -0.25) is 0 Å². The molecule has 0 aliphatic heterocycles. The summed E-state index contributed by atoms with van der Waals surface area (Å²) in [7, 11) is -9.62. The molecule has 0 bridgehead atoms. The van der Waals surface area contributed by atoms with E-state index < -0.39 is 63.2 Å². The molecule has 0 aliphatic carbocycles. The highest BCUT2D eigenvalue weighted by Gasteiger charge is 2.35. The molecule has 2 aromatic rings. The summed E-state index contributed by atoms with van der Waals surface area (Å²) in [6.45, 7) is 0. The molecule has 0 aromatic heterocycles. The second-order valence-electron chi connectivity index (χ2n) is 6.00. The molecule has 0 atom stereocenters. The Bertz CT molecular complexity index is 1260. The summed E-state index contributed by atoms with van der Waals surface area (Å²) >= 11 is 0. The zero-order valence-electron chi connectivity index (χ0n) is 16.3. The monoisotopic (exact) mass is 494 g/mol. The molecule has 13 heteroatoms. The molecule has 0 spiro atoms. The fourth-order valence-electron chi connectivity index (χ4n) is 2.35. The van der Waals surface area contributed by atoms with Gasteiger partial charge in [0.25, 0.3) is 0 Å². The zero-order valence-corrected chi connectivity index (χ0v) is 17.9. The second-order valence-corrected chi connectivity index (χ2v) is 9.84. The van der Waals surface area contributed by atoms with Crippen LogP contribution in [0.1, 0.15) is 0 Å². The van der Waals surface area contributed by atoms with E-state index in [1.54, 1.807) is 0 Å². The van der Waals surface area contributed by atoms with Crippen LogP contribution < -0.4 is 0 Å². The van der Waals surface area contributed by atoms with Crippen LogP contribution in [-0.4, -0.2) is 50.9 Å². The van der Waals surface area contributed by atoms with Gasteiger partial charge in [0.05, 0.1) is 9.79 Å². The number of sulfone groups is 2. The molecule has 0 fully saturated rings. The highest BCUT2D eigenvalue weighted by molar-refractivity contribution is 7.96. The van der Waals surface area contributed by atoms with E-state index in [9.17, 15) is 36.0 Å². The first-order valence-electron chi connectivity index (χ1n) is 8.63. The third kappa shape index (κ3) is 5.99. The number of carbonyl (C=O) groups excluding carboxylic acids is 2. The Morgan fingerprint density at radius 2 is 0.909 bits per heavy atom. The van der Waals surface area contributed by atoms with E-state index in [4.69, 9.17) is 10.2 Å². The highest BCUT2D eigenvalue weighted by atomic mass is 32.2. The van der Waals surface area contributed by atoms with Crippen LogP contribution in [0.15, 0.2) is 92.4 Å². The van der Waals surface area contributed by atoms with Crippen LogP contribution >= 0.6 is 0 Å². The maximum atomic E-state index is 12.7. The second kappa shape index (κ2) is 10.0. The van der Waals surface area contributed by atoms with Crippen LogP contribution in [0.5, 0.6) is 0 Å². The molecule has 0 unspecified atom stereocenters. The van der Waals surface area contributed by atoms with Crippen molar-refractivity contribution in [2.45, 2.75) is 9.79 Å². The summed E-state index contributed by atoms with van der Waals surface area (Å²) in [5.41, 5.74) is 0. The molecule has 2 rings (SSSR count). The highest BCUT2D eigenvalue weighted by Crippen LogP contribution is 2.23. The first kappa shape index (κ1) is 25.2. The average molecular weight is 494 g/mol. The Labute approximate surface area is 187 Å². The number of aliphatic carboxylic acids is 2. The number of rotatable bonds is 8. The molecule has 0 aliphatic rings. The number of hydrogen-bond donors (Lipinski definition) is 2. The molecule has 0 saturated carbocycles. The van der Waals surface area contributed by atoms with E-state index in [1.165, 1.54) is 36.4 Å². The summed E-state index contributed by atoms with van der Waals surface area (Å²) in [5, 5.41) is 17.9. The Morgan fingerprint density at radius 3 is 1.18 bits per heavy atom. The molecule has 0 heterocycles. The largest absolute Gasteiger partial charge is 0.478 e. The molecule has 2 N–H and O–H groups in total. The number of carboxylic acid groups (broad SMARTS) is 2.